The van der Waals surface area contributed by atoms with Crippen LogP contribution in [-0.2, 0) is 0 Å². The maximum Gasteiger partial charge on any atom is 0.0247 e. The topological polar surface area (TPSA) is 6.48 Å². The lowest BCUT2D eigenvalue weighted by molar-refractivity contribution is -0.0392. The predicted octanol–water partition coefficient (Wildman–Crippen LogP) is 3.37. The molecule has 0 aromatic heterocycles. The van der Waals surface area contributed by atoms with Crippen molar-refractivity contribution in [3.63, 3.8) is 0 Å². The minimum atomic E-state index is 0.643. The molecular weight excluding hydrogens is 232 g/mol. The van der Waals surface area contributed by atoms with Gasteiger partial charge < -0.3 is 0 Å². The van der Waals surface area contributed by atoms with Crippen LogP contribution in [0.15, 0.2) is 0 Å². The van der Waals surface area contributed by atoms with Crippen molar-refractivity contribution in [2.75, 3.05) is 26.2 Å². The molecule has 0 spiro atoms. The normalized spacial score (nSPS) is 36.0. The van der Waals surface area contributed by atoms with Crippen molar-refractivity contribution >= 4 is 0 Å². The SMILES string of the molecule is CC(C)C1CN2CCCCC2CN1CC1(C)CCC1. The highest BCUT2D eigenvalue weighted by molar-refractivity contribution is 4.96. The Hall–Kier alpha value is -0.0800. The van der Waals surface area contributed by atoms with Gasteiger partial charge in [0.1, 0.15) is 0 Å². The Kier molecular flexibility index (Phi) is 3.92. The van der Waals surface area contributed by atoms with E-state index in [1.54, 1.807) is 0 Å². The van der Waals surface area contributed by atoms with Crippen molar-refractivity contribution in [2.24, 2.45) is 11.3 Å². The summed E-state index contributed by atoms with van der Waals surface area (Å²) >= 11 is 0. The van der Waals surface area contributed by atoms with Crippen molar-refractivity contribution in [2.45, 2.75) is 71.4 Å². The van der Waals surface area contributed by atoms with Crippen molar-refractivity contribution in [1.29, 1.82) is 0 Å². The summed E-state index contributed by atoms with van der Waals surface area (Å²) in [6.07, 6.45) is 8.72. The van der Waals surface area contributed by atoms with Crippen molar-refractivity contribution in [3.05, 3.63) is 0 Å². The Morgan fingerprint density at radius 1 is 1.11 bits per heavy atom. The van der Waals surface area contributed by atoms with Gasteiger partial charge in [-0.3, -0.25) is 9.80 Å². The van der Waals surface area contributed by atoms with E-state index in [-0.39, 0.29) is 0 Å². The molecule has 0 radical (unpaired) electrons. The summed E-state index contributed by atoms with van der Waals surface area (Å²) in [4.78, 5) is 5.67. The molecule has 3 aliphatic rings. The molecule has 0 aromatic carbocycles. The van der Waals surface area contributed by atoms with Gasteiger partial charge in [0.2, 0.25) is 0 Å². The van der Waals surface area contributed by atoms with E-state index in [0.29, 0.717) is 5.41 Å². The molecule has 3 rings (SSSR count). The summed E-state index contributed by atoms with van der Waals surface area (Å²) in [5.41, 5.74) is 0.643. The fourth-order valence-electron chi connectivity index (χ4n) is 4.51. The molecule has 0 aromatic rings. The van der Waals surface area contributed by atoms with Crippen LogP contribution in [-0.4, -0.2) is 48.1 Å². The fraction of sp³-hybridized carbons (Fsp3) is 1.00. The van der Waals surface area contributed by atoms with Crippen LogP contribution >= 0.6 is 0 Å². The fourth-order valence-corrected chi connectivity index (χ4v) is 4.51. The maximum atomic E-state index is 2.87. The van der Waals surface area contributed by atoms with Crippen LogP contribution in [0.4, 0.5) is 0 Å². The van der Waals surface area contributed by atoms with E-state index in [0.717, 1.165) is 18.0 Å². The molecular formula is C17H32N2. The van der Waals surface area contributed by atoms with Crippen LogP contribution in [0, 0.1) is 11.3 Å². The summed E-state index contributed by atoms with van der Waals surface area (Å²) < 4.78 is 0. The number of rotatable bonds is 3. The van der Waals surface area contributed by atoms with E-state index in [1.165, 1.54) is 64.7 Å². The molecule has 2 heteroatoms. The molecule has 0 N–H and O–H groups in total. The molecule has 0 amide bonds. The molecule has 0 bridgehead atoms. The van der Waals surface area contributed by atoms with Crippen LogP contribution in [0.25, 0.3) is 0 Å². The van der Waals surface area contributed by atoms with Crippen molar-refractivity contribution < 1.29 is 0 Å². The highest BCUT2D eigenvalue weighted by atomic mass is 15.3. The number of piperidine rings is 1. The van der Waals surface area contributed by atoms with Gasteiger partial charge in [-0.2, -0.15) is 0 Å². The van der Waals surface area contributed by atoms with Gasteiger partial charge in [-0.15, -0.1) is 0 Å². The third-order valence-corrected chi connectivity index (χ3v) is 6.00. The van der Waals surface area contributed by atoms with Gasteiger partial charge in [-0.25, -0.2) is 0 Å². The van der Waals surface area contributed by atoms with Gasteiger partial charge in [-0.05, 0) is 43.6 Å². The maximum absolute atomic E-state index is 2.87. The van der Waals surface area contributed by atoms with Crippen LogP contribution in [0.2, 0.25) is 0 Å². The zero-order valence-electron chi connectivity index (χ0n) is 13.2. The van der Waals surface area contributed by atoms with E-state index in [2.05, 4.69) is 30.6 Å². The van der Waals surface area contributed by atoms with Gasteiger partial charge in [0.15, 0.2) is 0 Å². The summed E-state index contributed by atoms with van der Waals surface area (Å²) in [5.74, 6) is 0.798. The molecule has 110 valence electrons. The lowest BCUT2D eigenvalue weighted by Crippen LogP contribution is -2.62. The molecule has 1 saturated carbocycles. The molecule has 2 atom stereocenters. The summed E-state index contributed by atoms with van der Waals surface area (Å²) in [5, 5.41) is 0. The van der Waals surface area contributed by atoms with Crippen LogP contribution in [0.5, 0.6) is 0 Å². The number of fused-ring (bicyclic) bond motifs is 1. The van der Waals surface area contributed by atoms with Crippen LogP contribution in [0.3, 0.4) is 0 Å². The number of nitrogens with zero attached hydrogens (tertiary/aromatic N) is 2. The van der Waals surface area contributed by atoms with Gasteiger partial charge in [0, 0.05) is 31.7 Å². The molecule has 1 aliphatic carbocycles. The van der Waals surface area contributed by atoms with Crippen molar-refractivity contribution in [3.8, 4) is 0 Å². The standard InChI is InChI=1S/C17H32N2/c1-14(2)16-12-18-10-5-4-7-15(18)11-19(16)13-17(3)8-6-9-17/h14-16H,4-13H2,1-3H3. The van der Waals surface area contributed by atoms with E-state index in [1.807, 2.05) is 0 Å². The third-order valence-electron chi connectivity index (χ3n) is 6.00. The summed E-state index contributed by atoms with van der Waals surface area (Å²) in [7, 11) is 0. The highest BCUT2D eigenvalue weighted by Crippen LogP contribution is 2.42. The van der Waals surface area contributed by atoms with E-state index < -0.39 is 0 Å². The quantitative estimate of drug-likeness (QED) is 0.771. The smallest absolute Gasteiger partial charge is 0.0247 e. The van der Waals surface area contributed by atoms with E-state index >= 15 is 0 Å². The molecule has 19 heavy (non-hydrogen) atoms. The molecule has 2 unspecified atom stereocenters. The first-order valence-corrected chi connectivity index (χ1v) is 8.55. The first-order chi connectivity index (χ1) is 9.07. The third kappa shape index (κ3) is 2.85. The Balaban J connectivity index is 1.68. The molecule has 3 fully saturated rings. The van der Waals surface area contributed by atoms with Gasteiger partial charge in [0.05, 0.1) is 0 Å². The second-order valence-electron chi connectivity index (χ2n) is 8.05. The summed E-state index contributed by atoms with van der Waals surface area (Å²) in [6.45, 7) is 12.8. The lowest BCUT2D eigenvalue weighted by Gasteiger charge is -2.53. The van der Waals surface area contributed by atoms with Crippen LogP contribution in [0.1, 0.15) is 59.3 Å². The highest BCUT2D eigenvalue weighted by Gasteiger charge is 2.41. The van der Waals surface area contributed by atoms with Crippen molar-refractivity contribution in [1.82, 2.24) is 9.80 Å². The Morgan fingerprint density at radius 2 is 1.89 bits per heavy atom. The van der Waals surface area contributed by atoms with E-state index in [4.69, 9.17) is 0 Å². The number of piperazine rings is 1. The lowest BCUT2D eigenvalue weighted by atomic mass is 9.69. The monoisotopic (exact) mass is 264 g/mol. The van der Waals surface area contributed by atoms with Gasteiger partial charge >= 0.3 is 0 Å². The Morgan fingerprint density at radius 3 is 2.53 bits per heavy atom. The minimum Gasteiger partial charge on any atom is -0.298 e. The molecule has 2 nitrogen and oxygen atoms in total. The Bertz CT molecular complexity index is 308. The largest absolute Gasteiger partial charge is 0.298 e. The van der Waals surface area contributed by atoms with E-state index in [9.17, 15) is 0 Å². The summed E-state index contributed by atoms with van der Waals surface area (Å²) in [6, 6.07) is 1.67. The minimum absolute atomic E-state index is 0.643. The number of hydrogen-bond acceptors (Lipinski definition) is 2. The average Bonchev–Trinajstić information content (AvgIpc) is 2.36. The second kappa shape index (κ2) is 5.37. The first-order valence-electron chi connectivity index (χ1n) is 8.55. The second-order valence-corrected chi connectivity index (χ2v) is 8.05. The predicted molar refractivity (Wildman–Crippen MR) is 81.4 cm³/mol. The Labute approximate surface area is 119 Å². The van der Waals surface area contributed by atoms with Gasteiger partial charge in [0.25, 0.3) is 0 Å². The molecule has 2 aliphatic heterocycles. The zero-order chi connectivity index (χ0) is 13.5. The van der Waals surface area contributed by atoms with Gasteiger partial charge in [-0.1, -0.05) is 33.6 Å². The average molecular weight is 264 g/mol. The molecule has 2 saturated heterocycles. The van der Waals surface area contributed by atoms with Crippen LogP contribution < -0.4 is 0 Å². The number of hydrogen-bond donors (Lipinski definition) is 0. The molecule has 2 heterocycles. The first kappa shape index (κ1) is 13.9. The zero-order valence-corrected chi connectivity index (χ0v) is 13.2.